The number of hydrogen-bond donors (Lipinski definition) is 1. The number of carbonyl (C=O) groups excluding carboxylic acids is 1. The van der Waals surface area contributed by atoms with E-state index in [1.54, 1.807) is 0 Å². The van der Waals surface area contributed by atoms with Gasteiger partial charge in [0.25, 0.3) is 5.91 Å². The number of hydrogen-bond acceptors (Lipinski definition) is 1. The monoisotopic (exact) mass is 275 g/mol. The van der Waals surface area contributed by atoms with Crippen LogP contribution in [0.5, 0.6) is 0 Å². The number of nitrogens with one attached hydrogen (secondary N) is 1. The molecule has 1 N–H and O–H groups in total. The van der Waals surface area contributed by atoms with Gasteiger partial charge in [-0.05, 0) is 31.4 Å². The summed E-state index contributed by atoms with van der Waals surface area (Å²) in [6.45, 7) is 7.15. The van der Waals surface area contributed by atoms with Crippen molar-refractivity contribution >= 4 is 5.91 Å². The second-order valence-corrected chi connectivity index (χ2v) is 5.54. The molecule has 0 bridgehead atoms. The Labute approximate surface area is 124 Å². The van der Waals surface area contributed by atoms with Gasteiger partial charge in [0.2, 0.25) is 0 Å². The van der Waals surface area contributed by atoms with Crippen molar-refractivity contribution in [1.29, 1.82) is 0 Å². The SMILES string of the molecule is CCCCCCCCNC(=O)c1cc(C)ccc1CC. The summed E-state index contributed by atoms with van der Waals surface area (Å²) < 4.78 is 0. The van der Waals surface area contributed by atoms with Crippen LogP contribution in [0.25, 0.3) is 0 Å². The third kappa shape index (κ3) is 5.77. The molecule has 0 radical (unpaired) electrons. The molecule has 1 rings (SSSR count). The Bertz CT molecular complexity index is 412. The van der Waals surface area contributed by atoms with E-state index < -0.39 is 0 Å². The molecule has 1 amide bonds. The maximum atomic E-state index is 12.2. The lowest BCUT2D eigenvalue weighted by atomic mass is 10.0. The summed E-state index contributed by atoms with van der Waals surface area (Å²) in [7, 11) is 0. The maximum Gasteiger partial charge on any atom is 0.251 e. The maximum absolute atomic E-state index is 12.2. The van der Waals surface area contributed by atoms with E-state index in [9.17, 15) is 4.79 Å². The molecule has 0 aromatic heterocycles. The van der Waals surface area contributed by atoms with Crippen LogP contribution in [0.2, 0.25) is 0 Å². The van der Waals surface area contributed by atoms with Gasteiger partial charge in [0.15, 0.2) is 0 Å². The zero-order valence-corrected chi connectivity index (χ0v) is 13.3. The first kappa shape index (κ1) is 16.7. The van der Waals surface area contributed by atoms with Crippen LogP contribution >= 0.6 is 0 Å². The van der Waals surface area contributed by atoms with E-state index in [0.717, 1.165) is 36.1 Å². The van der Waals surface area contributed by atoms with E-state index in [1.165, 1.54) is 32.1 Å². The zero-order valence-electron chi connectivity index (χ0n) is 13.3. The van der Waals surface area contributed by atoms with E-state index in [4.69, 9.17) is 0 Å². The Morgan fingerprint density at radius 3 is 2.45 bits per heavy atom. The van der Waals surface area contributed by atoms with Crippen molar-refractivity contribution in [2.45, 2.75) is 65.7 Å². The number of unbranched alkanes of at least 4 members (excludes halogenated alkanes) is 5. The lowest BCUT2D eigenvalue weighted by Gasteiger charge is -2.10. The molecule has 112 valence electrons. The predicted octanol–water partition coefficient (Wildman–Crippen LogP) is 4.65. The highest BCUT2D eigenvalue weighted by atomic mass is 16.1. The number of aryl methyl sites for hydroxylation is 2. The largest absolute Gasteiger partial charge is 0.352 e. The van der Waals surface area contributed by atoms with Gasteiger partial charge < -0.3 is 5.32 Å². The minimum absolute atomic E-state index is 0.0825. The van der Waals surface area contributed by atoms with Crippen LogP contribution in [0.15, 0.2) is 18.2 Å². The highest BCUT2D eigenvalue weighted by Gasteiger charge is 2.09. The first-order valence-corrected chi connectivity index (χ1v) is 8.06. The Kier molecular flexibility index (Phi) is 8.01. The third-order valence-electron chi connectivity index (χ3n) is 3.71. The molecule has 0 atom stereocenters. The van der Waals surface area contributed by atoms with Crippen LogP contribution < -0.4 is 5.32 Å². The van der Waals surface area contributed by atoms with Crippen molar-refractivity contribution in [1.82, 2.24) is 5.32 Å². The topological polar surface area (TPSA) is 29.1 Å². The Hall–Kier alpha value is -1.31. The molecule has 0 saturated heterocycles. The number of carbonyl (C=O) groups is 1. The molecule has 20 heavy (non-hydrogen) atoms. The summed E-state index contributed by atoms with van der Waals surface area (Å²) in [5, 5.41) is 3.05. The molecule has 0 heterocycles. The van der Waals surface area contributed by atoms with Gasteiger partial charge in [-0.15, -0.1) is 0 Å². The summed E-state index contributed by atoms with van der Waals surface area (Å²) in [6.07, 6.45) is 8.42. The lowest BCUT2D eigenvalue weighted by Crippen LogP contribution is -2.25. The molecule has 1 aromatic rings. The zero-order chi connectivity index (χ0) is 14.8. The fourth-order valence-electron chi connectivity index (χ4n) is 2.41. The number of amides is 1. The fourth-order valence-corrected chi connectivity index (χ4v) is 2.41. The molecule has 0 aliphatic rings. The average molecular weight is 275 g/mol. The van der Waals surface area contributed by atoms with Gasteiger partial charge in [-0.1, -0.05) is 63.6 Å². The smallest absolute Gasteiger partial charge is 0.251 e. The van der Waals surface area contributed by atoms with Crippen LogP contribution in [0, 0.1) is 6.92 Å². The van der Waals surface area contributed by atoms with Crippen molar-refractivity contribution in [3.8, 4) is 0 Å². The van der Waals surface area contributed by atoms with Gasteiger partial charge in [-0.2, -0.15) is 0 Å². The number of rotatable bonds is 9. The summed E-state index contributed by atoms with van der Waals surface area (Å²) in [4.78, 5) is 12.2. The van der Waals surface area contributed by atoms with Crippen molar-refractivity contribution < 1.29 is 4.79 Å². The van der Waals surface area contributed by atoms with Gasteiger partial charge >= 0.3 is 0 Å². The van der Waals surface area contributed by atoms with Crippen molar-refractivity contribution in [2.24, 2.45) is 0 Å². The highest BCUT2D eigenvalue weighted by molar-refractivity contribution is 5.95. The molecular weight excluding hydrogens is 246 g/mol. The minimum atomic E-state index is 0.0825. The lowest BCUT2D eigenvalue weighted by molar-refractivity contribution is 0.0952. The Morgan fingerprint density at radius 2 is 1.75 bits per heavy atom. The summed E-state index contributed by atoms with van der Waals surface area (Å²) in [6, 6.07) is 6.13. The quantitative estimate of drug-likeness (QED) is 0.653. The molecule has 2 heteroatoms. The normalized spacial score (nSPS) is 10.6. The van der Waals surface area contributed by atoms with E-state index in [-0.39, 0.29) is 5.91 Å². The van der Waals surface area contributed by atoms with Crippen LogP contribution in [0.1, 0.15) is 73.9 Å². The highest BCUT2D eigenvalue weighted by Crippen LogP contribution is 2.12. The van der Waals surface area contributed by atoms with Crippen LogP contribution in [-0.2, 0) is 6.42 Å². The minimum Gasteiger partial charge on any atom is -0.352 e. The second kappa shape index (κ2) is 9.57. The Balaban J connectivity index is 2.34. The summed E-state index contributed by atoms with van der Waals surface area (Å²) in [5.41, 5.74) is 3.13. The molecule has 0 aliphatic heterocycles. The van der Waals surface area contributed by atoms with Gasteiger partial charge in [0, 0.05) is 12.1 Å². The van der Waals surface area contributed by atoms with Crippen molar-refractivity contribution in [3.05, 3.63) is 34.9 Å². The standard InChI is InChI=1S/C18H29NO/c1-4-6-7-8-9-10-13-19-18(20)17-14-15(3)11-12-16(17)5-2/h11-12,14H,4-10,13H2,1-3H3,(H,19,20). The van der Waals surface area contributed by atoms with Crippen LogP contribution in [-0.4, -0.2) is 12.5 Å². The van der Waals surface area contributed by atoms with E-state index >= 15 is 0 Å². The summed E-state index contributed by atoms with van der Waals surface area (Å²) >= 11 is 0. The van der Waals surface area contributed by atoms with Crippen molar-refractivity contribution in [3.63, 3.8) is 0 Å². The molecule has 2 nitrogen and oxygen atoms in total. The van der Waals surface area contributed by atoms with E-state index in [0.29, 0.717) is 0 Å². The Morgan fingerprint density at radius 1 is 1.05 bits per heavy atom. The first-order valence-electron chi connectivity index (χ1n) is 8.06. The molecule has 0 spiro atoms. The molecule has 0 aliphatic carbocycles. The third-order valence-corrected chi connectivity index (χ3v) is 3.71. The van der Waals surface area contributed by atoms with E-state index in [2.05, 4.69) is 31.3 Å². The first-order chi connectivity index (χ1) is 9.69. The molecule has 1 aromatic carbocycles. The van der Waals surface area contributed by atoms with Gasteiger partial charge in [0.1, 0.15) is 0 Å². The molecule has 0 unspecified atom stereocenters. The molecular formula is C18H29NO. The molecule has 0 fully saturated rings. The number of benzene rings is 1. The fraction of sp³-hybridized carbons (Fsp3) is 0.611. The van der Waals surface area contributed by atoms with E-state index in [1.807, 2.05) is 13.0 Å². The van der Waals surface area contributed by atoms with Gasteiger partial charge in [-0.25, -0.2) is 0 Å². The van der Waals surface area contributed by atoms with Gasteiger partial charge in [0.05, 0.1) is 0 Å². The predicted molar refractivity (Wildman–Crippen MR) is 86.3 cm³/mol. The summed E-state index contributed by atoms with van der Waals surface area (Å²) in [5.74, 6) is 0.0825. The molecule has 0 saturated carbocycles. The van der Waals surface area contributed by atoms with Gasteiger partial charge in [-0.3, -0.25) is 4.79 Å². The average Bonchev–Trinajstić information content (AvgIpc) is 2.46. The van der Waals surface area contributed by atoms with Crippen LogP contribution in [0.3, 0.4) is 0 Å². The second-order valence-electron chi connectivity index (χ2n) is 5.54. The van der Waals surface area contributed by atoms with Crippen LogP contribution in [0.4, 0.5) is 0 Å². The van der Waals surface area contributed by atoms with Crippen molar-refractivity contribution in [2.75, 3.05) is 6.54 Å².